The molecule has 0 aliphatic rings. The molecule has 0 aromatic carbocycles. The molecule has 0 heterocycles. The fraction of sp³-hybridized carbons (Fsp3) is 0.691. The lowest BCUT2D eigenvalue weighted by Gasteiger charge is -2.18. The second-order valence-corrected chi connectivity index (χ2v) is 20.2. The zero-order chi connectivity index (χ0) is 53.6. The number of allylic oxidation sites excluding steroid dienone is 18. The maximum Gasteiger partial charge on any atom is 0.306 e. The van der Waals surface area contributed by atoms with Crippen LogP contribution >= 0.6 is 0 Å². The van der Waals surface area contributed by atoms with Gasteiger partial charge in [0.05, 0.1) is 0 Å². The summed E-state index contributed by atoms with van der Waals surface area (Å²) >= 11 is 0. The molecule has 1 unspecified atom stereocenters. The summed E-state index contributed by atoms with van der Waals surface area (Å²) < 4.78 is 16.9. The highest BCUT2D eigenvalue weighted by Gasteiger charge is 2.19. The molecule has 0 amide bonds. The smallest absolute Gasteiger partial charge is 0.306 e. The zero-order valence-electron chi connectivity index (χ0n) is 48.3. The molecule has 6 nitrogen and oxygen atoms in total. The van der Waals surface area contributed by atoms with Gasteiger partial charge in [0.2, 0.25) is 0 Å². The second-order valence-electron chi connectivity index (χ2n) is 20.2. The summed E-state index contributed by atoms with van der Waals surface area (Å²) in [4.78, 5) is 38.3. The molecule has 0 aliphatic carbocycles. The Bertz CT molecular complexity index is 1510. The topological polar surface area (TPSA) is 78.9 Å². The minimum absolute atomic E-state index is 0.0934. The molecule has 0 aromatic heterocycles. The van der Waals surface area contributed by atoms with E-state index in [0.29, 0.717) is 19.3 Å². The standard InChI is InChI=1S/C68H114O6/c1-4-7-10-13-16-19-22-25-28-31-33-34-36-37-40-43-46-49-52-55-58-61-67(70)73-64-65(63-72-66(69)60-57-54-51-48-45-42-39-30-27-24-21-18-15-12-9-6-3)74-68(71)62-59-56-53-50-47-44-41-38-35-32-29-26-23-20-17-14-11-8-5-2/h7,10,16-17,19-21,24-26,28-30,33-35,38-39,65H,4-6,8-9,11-15,18,22-23,27,31-32,36-37,40-64H2,1-3H3/b10-7-,19-16-,20-17-,24-21-,28-25-,29-26-,34-33-,38-35-,39-30-. The van der Waals surface area contributed by atoms with E-state index in [9.17, 15) is 14.4 Å². The van der Waals surface area contributed by atoms with Gasteiger partial charge in [-0.2, -0.15) is 0 Å². The normalized spacial score (nSPS) is 12.9. The number of carbonyl (C=O) groups is 3. The van der Waals surface area contributed by atoms with E-state index in [1.54, 1.807) is 0 Å². The highest BCUT2D eigenvalue weighted by Crippen LogP contribution is 2.15. The van der Waals surface area contributed by atoms with E-state index < -0.39 is 6.10 Å². The highest BCUT2D eigenvalue weighted by molar-refractivity contribution is 5.71. The van der Waals surface area contributed by atoms with E-state index in [2.05, 4.69) is 130 Å². The van der Waals surface area contributed by atoms with E-state index in [4.69, 9.17) is 14.2 Å². The molecule has 0 fully saturated rings. The van der Waals surface area contributed by atoms with Crippen molar-refractivity contribution < 1.29 is 28.6 Å². The van der Waals surface area contributed by atoms with E-state index in [1.165, 1.54) is 103 Å². The van der Waals surface area contributed by atoms with Crippen LogP contribution < -0.4 is 0 Å². The van der Waals surface area contributed by atoms with Gasteiger partial charge >= 0.3 is 17.9 Å². The first kappa shape index (κ1) is 70.1. The minimum atomic E-state index is -0.798. The monoisotopic (exact) mass is 1030 g/mol. The van der Waals surface area contributed by atoms with Crippen LogP contribution in [0.15, 0.2) is 109 Å². The summed E-state index contributed by atoms with van der Waals surface area (Å²) in [6.07, 6.45) is 83.6. The van der Waals surface area contributed by atoms with Gasteiger partial charge in [-0.1, -0.05) is 246 Å². The third-order valence-corrected chi connectivity index (χ3v) is 13.0. The van der Waals surface area contributed by atoms with E-state index in [0.717, 1.165) is 141 Å². The molecule has 0 aliphatic heterocycles. The van der Waals surface area contributed by atoms with Crippen LogP contribution in [0.2, 0.25) is 0 Å². The molecular weight excluding hydrogens is 913 g/mol. The number of hydrogen-bond donors (Lipinski definition) is 0. The SMILES string of the molecule is CC/C=C\C/C=C\C/C=C\C/C=C\CCCCCCCCCCC(=O)OCC(COC(=O)CCCCCCC/C=C\C/C=C\CCCCCC)OC(=O)CCCCCCCC/C=C\C/C=C\C/C=C\CCCCC. The summed E-state index contributed by atoms with van der Waals surface area (Å²) in [5.74, 6) is -0.922. The Morgan fingerprint density at radius 1 is 0.284 bits per heavy atom. The Balaban J connectivity index is 4.45. The van der Waals surface area contributed by atoms with Gasteiger partial charge in [0.25, 0.3) is 0 Å². The van der Waals surface area contributed by atoms with Crippen molar-refractivity contribution in [3.63, 3.8) is 0 Å². The maximum absolute atomic E-state index is 12.9. The van der Waals surface area contributed by atoms with Crippen molar-refractivity contribution in [1.29, 1.82) is 0 Å². The van der Waals surface area contributed by atoms with Crippen LogP contribution in [0.25, 0.3) is 0 Å². The molecule has 0 spiro atoms. The van der Waals surface area contributed by atoms with E-state index >= 15 is 0 Å². The lowest BCUT2D eigenvalue weighted by Crippen LogP contribution is -2.30. The average Bonchev–Trinajstić information content (AvgIpc) is 3.40. The molecule has 0 saturated carbocycles. The summed E-state index contributed by atoms with van der Waals surface area (Å²) in [5.41, 5.74) is 0. The molecule has 6 heteroatoms. The Hall–Kier alpha value is -3.93. The third-order valence-electron chi connectivity index (χ3n) is 13.0. The number of ether oxygens (including phenoxy) is 3. The van der Waals surface area contributed by atoms with Gasteiger partial charge < -0.3 is 14.2 Å². The molecule has 0 aromatic rings. The van der Waals surface area contributed by atoms with Gasteiger partial charge in [0.1, 0.15) is 13.2 Å². The Kier molecular flexibility index (Phi) is 58.3. The van der Waals surface area contributed by atoms with Crippen molar-refractivity contribution in [3.05, 3.63) is 109 Å². The van der Waals surface area contributed by atoms with Crippen molar-refractivity contribution in [2.75, 3.05) is 13.2 Å². The van der Waals surface area contributed by atoms with Crippen LogP contribution in [0.4, 0.5) is 0 Å². The molecule has 0 saturated heterocycles. The van der Waals surface area contributed by atoms with Crippen molar-refractivity contribution >= 4 is 17.9 Å². The quantitative estimate of drug-likeness (QED) is 0.0261. The fourth-order valence-electron chi connectivity index (χ4n) is 8.35. The Morgan fingerprint density at radius 3 is 0.851 bits per heavy atom. The van der Waals surface area contributed by atoms with E-state index in [-0.39, 0.29) is 31.1 Å². The summed E-state index contributed by atoms with van der Waals surface area (Å²) in [6.45, 7) is 6.47. The zero-order valence-corrected chi connectivity index (χ0v) is 48.3. The van der Waals surface area contributed by atoms with Crippen molar-refractivity contribution in [1.82, 2.24) is 0 Å². The maximum atomic E-state index is 12.9. The summed E-state index contributed by atoms with van der Waals surface area (Å²) in [6, 6.07) is 0. The van der Waals surface area contributed by atoms with Gasteiger partial charge in [-0.3, -0.25) is 14.4 Å². The van der Waals surface area contributed by atoms with Crippen LogP contribution in [0, 0.1) is 0 Å². The van der Waals surface area contributed by atoms with E-state index in [1.807, 2.05) is 0 Å². The lowest BCUT2D eigenvalue weighted by molar-refractivity contribution is -0.167. The highest BCUT2D eigenvalue weighted by atomic mass is 16.6. The second kappa shape index (κ2) is 61.6. The number of esters is 3. The first-order chi connectivity index (χ1) is 36.5. The largest absolute Gasteiger partial charge is 0.462 e. The first-order valence-electron chi connectivity index (χ1n) is 30.9. The van der Waals surface area contributed by atoms with Gasteiger partial charge in [-0.15, -0.1) is 0 Å². The molecule has 74 heavy (non-hydrogen) atoms. The average molecular weight is 1030 g/mol. The van der Waals surface area contributed by atoms with Crippen LogP contribution in [-0.4, -0.2) is 37.2 Å². The Labute approximate surface area is 457 Å². The fourth-order valence-corrected chi connectivity index (χ4v) is 8.35. The van der Waals surface area contributed by atoms with Crippen molar-refractivity contribution in [2.24, 2.45) is 0 Å². The minimum Gasteiger partial charge on any atom is -0.462 e. The van der Waals surface area contributed by atoms with Crippen LogP contribution in [0.3, 0.4) is 0 Å². The summed E-state index contributed by atoms with van der Waals surface area (Å²) in [5, 5.41) is 0. The van der Waals surface area contributed by atoms with Crippen LogP contribution in [0.5, 0.6) is 0 Å². The van der Waals surface area contributed by atoms with Crippen LogP contribution in [-0.2, 0) is 28.6 Å². The van der Waals surface area contributed by atoms with Gasteiger partial charge in [-0.05, 0) is 128 Å². The van der Waals surface area contributed by atoms with Crippen molar-refractivity contribution in [2.45, 2.75) is 290 Å². The van der Waals surface area contributed by atoms with Gasteiger partial charge in [0.15, 0.2) is 6.10 Å². The lowest BCUT2D eigenvalue weighted by atomic mass is 10.1. The van der Waals surface area contributed by atoms with Crippen molar-refractivity contribution in [3.8, 4) is 0 Å². The molecule has 0 rings (SSSR count). The number of carbonyl (C=O) groups excluding carboxylic acids is 3. The summed E-state index contributed by atoms with van der Waals surface area (Å²) in [7, 11) is 0. The van der Waals surface area contributed by atoms with Gasteiger partial charge in [0, 0.05) is 19.3 Å². The number of hydrogen-bond acceptors (Lipinski definition) is 6. The molecule has 422 valence electrons. The van der Waals surface area contributed by atoms with Gasteiger partial charge in [-0.25, -0.2) is 0 Å². The molecular formula is C68H114O6. The first-order valence-corrected chi connectivity index (χ1v) is 30.9. The molecule has 0 bridgehead atoms. The molecule has 0 N–H and O–H groups in total. The predicted molar refractivity (Wildman–Crippen MR) is 320 cm³/mol. The Morgan fingerprint density at radius 2 is 0.527 bits per heavy atom. The number of unbranched alkanes of at least 4 members (excludes halogenated alkanes) is 26. The molecule has 1 atom stereocenters. The third kappa shape index (κ3) is 59.0. The molecule has 0 radical (unpaired) electrons. The van der Waals surface area contributed by atoms with Crippen LogP contribution in [0.1, 0.15) is 284 Å². The predicted octanol–water partition coefficient (Wildman–Crippen LogP) is 21.0. The number of rotatable bonds is 55.